The van der Waals surface area contributed by atoms with Gasteiger partial charge in [-0.25, -0.2) is 4.98 Å². The van der Waals surface area contributed by atoms with Crippen LogP contribution < -0.4 is 10.1 Å². The third-order valence-corrected chi connectivity index (χ3v) is 4.80. The van der Waals surface area contributed by atoms with Crippen molar-refractivity contribution in [3.63, 3.8) is 0 Å². The quantitative estimate of drug-likeness (QED) is 0.546. The summed E-state index contributed by atoms with van der Waals surface area (Å²) in [6.45, 7) is 4.37. The van der Waals surface area contributed by atoms with Crippen molar-refractivity contribution in [2.45, 2.75) is 13.8 Å². The molecule has 0 aliphatic rings. The van der Waals surface area contributed by atoms with E-state index < -0.39 is 0 Å². The highest BCUT2D eigenvalue weighted by atomic mass is 32.1. The molecule has 2 heterocycles. The molecule has 0 spiro atoms. The molecule has 0 aliphatic heterocycles. The SMILES string of the molecule is CCOc1ccccc1-c1nnc(NC(=O)c2ccc3nc(C)[nH]c3c2)s1. The Bertz CT molecular complexity index is 1120. The lowest BCUT2D eigenvalue weighted by Crippen LogP contribution is -2.11. The maximum Gasteiger partial charge on any atom is 0.257 e. The molecule has 2 aromatic carbocycles. The zero-order valence-corrected chi connectivity index (χ0v) is 15.6. The van der Waals surface area contributed by atoms with Crippen molar-refractivity contribution in [3.8, 4) is 16.3 Å². The average Bonchev–Trinajstić information content (AvgIpc) is 3.27. The molecule has 0 radical (unpaired) electrons. The molecule has 4 aromatic rings. The van der Waals surface area contributed by atoms with Gasteiger partial charge in [-0.3, -0.25) is 10.1 Å². The fourth-order valence-corrected chi connectivity index (χ4v) is 3.52. The normalized spacial score (nSPS) is 10.9. The van der Waals surface area contributed by atoms with E-state index in [4.69, 9.17) is 4.74 Å². The van der Waals surface area contributed by atoms with Crippen molar-refractivity contribution in [1.29, 1.82) is 0 Å². The zero-order chi connectivity index (χ0) is 18.8. The first kappa shape index (κ1) is 17.2. The van der Waals surface area contributed by atoms with Gasteiger partial charge in [-0.1, -0.05) is 23.5 Å². The Morgan fingerprint density at radius 2 is 2.07 bits per heavy atom. The number of aromatic amines is 1. The average molecular weight is 379 g/mol. The summed E-state index contributed by atoms with van der Waals surface area (Å²) < 4.78 is 5.64. The van der Waals surface area contributed by atoms with Crippen LogP contribution in [0.25, 0.3) is 21.6 Å². The second-order valence-electron chi connectivity index (χ2n) is 5.85. The minimum absolute atomic E-state index is 0.245. The van der Waals surface area contributed by atoms with Gasteiger partial charge in [0.25, 0.3) is 5.91 Å². The van der Waals surface area contributed by atoms with Gasteiger partial charge in [0.2, 0.25) is 5.13 Å². The number of hydrogen-bond donors (Lipinski definition) is 2. The number of aryl methyl sites for hydroxylation is 1. The van der Waals surface area contributed by atoms with Crippen molar-refractivity contribution in [3.05, 3.63) is 53.9 Å². The number of hydrogen-bond acceptors (Lipinski definition) is 6. The number of H-pyrrole nitrogens is 1. The third-order valence-electron chi connectivity index (χ3n) is 3.93. The van der Waals surface area contributed by atoms with Gasteiger partial charge in [-0.05, 0) is 44.2 Å². The van der Waals surface area contributed by atoms with Gasteiger partial charge in [-0.15, -0.1) is 10.2 Å². The highest BCUT2D eigenvalue weighted by Crippen LogP contribution is 2.33. The van der Waals surface area contributed by atoms with Crippen molar-refractivity contribution in [2.24, 2.45) is 0 Å². The van der Waals surface area contributed by atoms with Crippen LogP contribution in [0.3, 0.4) is 0 Å². The van der Waals surface area contributed by atoms with Crippen LogP contribution in [0.4, 0.5) is 5.13 Å². The zero-order valence-electron chi connectivity index (χ0n) is 14.8. The second kappa shape index (κ2) is 7.16. The Balaban J connectivity index is 1.56. The molecule has 1 amide bonds. The number of carbonyl (C=O) groups is 1. The van der Waals surface area contributed by atoms with E-state index in [2.05, 4.69) is 25.5 Å². The smallest absolute Gasteiger partial charge is 0.257 e. The standard InChI is InChI=1S/C19H17N5O2S/c1-3-26-16-7-5-4-6-13(16)18-23-24-19(27-18)22-17(25)12-8-9-14-15(10-12)21-11(2)20-14/h4-10H,3H2,1-2H3,(H,20,21)(H,22,24,25). The third kappa shape index (κ3) is 3.52. The van der Waals surface area contributed by atoms with Crippen molar-refractivity contribution in [1.82, 2.24) is 20.2 Å². The number of aromatic nitrogens is 4. The van der Waals surface area contributed by atoms with Crippen molar-refractivity contribution in [2.75, 3.05) is 11.9 Å². The summed E-state index contributed by atoms with van der Waals surface area (Å²) in [5, 5.41) is 12.2. The number of nitrogens with zero attached hydrogens (tertiary/aromatic N) is 3. The van der Waals surface area contributed by atoms with Gasteiger partial charge in [0.15, 0.2) is 5.01 Å². The van der Waals surface area contributed by atoms with Gasteiger partial charge in [-0.2, -0.15) is 0 Å². The van der Waals surface area contributed by atoms with Gasteiger partial charge < -0.3 is 9.72 Å². The predicted octanol–water partition coefficient (Wildman–Crippen LogP) is 4.04. The van der Waals surface area contributed by atoms with Gasteiger partial charge in [0, 0.05) is 5.56 Å². The van der Waals surface area contributed by atoms with E-state index >= 15 is 0 Å². The molecule has 0 unspecified atom stereocenters. The first-order chi connectivity index (χ1) is 13.1. The van der Waals surface area contributed by atoms with E-state index in [9.17, 15) is 4.79 Å². The van der Waals surface area contributed by atoms with E-state index in [1.807, 2.05) is 44.2 Å². The van der Waals surface area contributed by atoms with E-state index in [0.29, 0.717) is 22.3 Å². The summed E-state index contributed by atoms with van der Waals surface area (Å²) >= 11 is 1.30. The number of carbonyl (C=O) groups excluding carboxylic acids is 1. The fourth-order valence-electron chi connectivity index (χ4n) is 2.75. The molecule has 0 bridgehead atoms. The van der Waals surface area contributed by atoms with Crippen LogP contribution in [-0.2, 0) is 0 Å². The van der Waals surface area contributed by atoms with Crippen LogP contribution >= 0.6 is 11.3 Å². The number of rotatable bonds is 5. The highest BCUT2D eigenvalue weighted by molar-refractivity contribution is 7.18. The Hall–Kier alpha value is -3.26. The molecular weight excluding hydrogens is 362 g/mol. The number of imidazole rings is 1. The Morgan fingerprint density at radius 3 is 2.93 bits per heavy atom. The van der Waals surface area contributed by atoms with Gasteiger partial charge in [0.1, 0.15) is 11.6 Å². The largest absolute Gasteiger partial charge is 0.493 e. The number of amides is 1. The van der Waals surface area contributed by atoms with Crippen molar-refractivity contribution < 1.29 is 9.53 Å². The fraction of sp³-hybridized carbons (Fsp3) is 0.158. The van der Waals surface area contributed by atoms with E-state index in [1.165, 1.54) is 11.3 Å². The molecule has 2 N–H and O–H groups in total. The lowest BCUT2D eigenvalue weighted by Gasteiger charge is -2.06. The molecule has 0 atom stereocenters. The number of anilines is 1. The predicted molar refractivity (Wildman–Crippen MR) is 105 cm³/mol. The van der Waals surface area contributed by atoms with E-state index in [1.54, 1.807) is 12.1 Å². The van der Waals surface area contributed by atoms with Crippen LogP contribution in [0, 0.1) is 6.92 Å². The highest BCUT2D eigenvalue weighted by Gasteiger charge is 2.14. The molecular formula is C19H17N5O2S. The number of benzene rings is 2. The van der Waals surface area contributed by atoms with E-state index in [-0.39, 0.29) is 5.91 Å². The second-order valence-corrected chi connectivity index (χ2v) is 6.83. The Morgan fingerprint density at radius 1 is 1.22 bits per heavy atom. The number of nitrogens with one attached hydrogen (secondary N) is 2. The summed E-state index contributed by atoms with van der Waals surface area (Å²) in [7, 11) is 0. The van der Waals surface area contributed by atoms with Crippen LogP contribution in [0.1, 0.15) is 23.1 Å². The summed E-state index contributed by atoms with van der Waals surface area (Å²) in [5.41, 5.74) is 3.03. The molecule has 8 heteroatoms. The molecule has 27 heavy (non-hydrogen) atoms. The summed E-state index contributed by atoms with van der Waals surface area (Å²) in [4.78, 5) is 20.0. The molecule has 0 saturated heterocycles. The number of fused-ring (bicyclic) bond motifs is 1. The molecule has 0 aliphatic carbocycles. The maximum absolute atomic E-state index is 12.5. The minimum atomic E-state index is -0.245. The lowest BCUT2D eigenvalue weighted by molar-refractivity contribution is 0.102. The topological polar surface area (TPSA) is 92.8 Å². The lowest BCUT2D eigenvalue weighted by atomic mass is 10.2. The van der Waals surface area contributed by atoms with Gasteiger partial charge >= 0.3 is 0 Å². The van der Waals surface area contributed by atoms with Crippen LogP contribution in [0.5, 0.6) is 5.75 Å². The van der Waals surface area contributed by atoms with Crippen LogP contribution in [0.15, 0.2) is 42.5 Å². The van der Waals surface area contributed by atoms with Crippen LogP contribution in [0.2, 0.25) is 0 Å². The van der Waals surface area contributed by atoms with Crippen molar-refractivity contribution >= 4 is 33.4 Å². The Labute approximate surface area is 159 Å². The number of para-hydroxylation sites is 1. The molecule has 7 nitrogen and oxygen atoms in total. The molecule has 4 rings (SSSR count). The summed E-state index contributed by atoms with van der Waals surface area (Å²) in [5.74, 6) is 1.31. The summed E-state index contributed by atoms with van der Waals surface area (Å²) in [6, 6.07) is 13.0. The molecule has 0 fully saturated rings. The Kier molecular flexibility index (Phi) is 4.55. The first-order valence-corrected chi connectivity index (χ1v) is 9.29. The number of ether oxygens (including phenoxy) is 1. The molecule has 136 valence electrons. The van der Waals surface area contributed by atoms with Crippen LogP contribution in [-0.4, -0.2) is 32.7 Å². The minimum Gasteiger partial charge on any atom is -0.493 e. The van der Waals surface area contributed by atoms with E-state index in [0.717, 1.165) is 28.2 Å². The molecule has 2 aromatic heterocycles. The molecule has 0 saturated carbocycles. The maximum atomic E-state index is 12.5. The van der Waals surface area contributed by atoms with Gasteiger partial charge in [0.05, 0.1) is 23.2 Å². The summed E-state index contributed by atoms with van der Waals surface area (Å²) in [6.07, 6.45) is 0. The first-order valence-electron chi connectivity index (χ1n) is 8.47. The monoisotopic (exact) mass is 379 g/mol.